The topological polar surface area (TPSA) is 160 Å². The Hall–Kier alpha value is -4.45. The van der Waals surface area contributed by atoms with Crippen LogP contribution in [0.3, 0.4) is 0 Å². The van der Waals surface area contributed by atoms with E-state index in [1.54, 1.807) is 50.2 Å². The third-order valence-corrected chi connectivity index (χ3v) is 5.35. The number of nitrogens with one attached hydrogen (secondary N) is 3. The normalized spacial score (nSPS) is 16.0. The van der Waals surface area contributed by atoms with Crippen molar-refractivity contribution >= 4 is 18.2 Å². The number of carbonyl (C=O) groups excluding carboxylic acids is 2. The van der Waals surface area contributed by atoms with Crippen LogP contribution in [0.4, 0.5) is 4.79 Å². The van der Waals surface area contributed by atoms with Crippen molar-refractivity contribution in [2.45, 2.75) is 26.1 Å². The predicted molar refractivity (Wildman–Crippen MR) is 134 cm³/mol. The zero-order valence-corrected chi connectivity index (χ0v) is 20.9. The van der Waals surface area contributed by atoms with Gasteiger partial charge < -0.3 is 39.8 Å². The number of phenols is 1. The molecule has 1 aliphatic heterocycles. The number of hydrazone groups is 1. The van der Waals surface area contributed by atoms with Crippen LogP contribution in [0.5, 0.6) is 23.0 Å². The Bertz CT molecular complexity index is 1200. The minimum absolute atomic E-state index is 0.0759. The lowest BCUT2D eigenvalue weighted by Crippen LogP contribution is -2.45. The fourth-order valence-electron chi connectivity index (χ4n) is 3.62. The second kappa shape index (κ2) is 12.5. The summed E-state index contributed by atoms with van der Waals surface area (Å²) in [6.45, 7) is 3.56. The highest BCUT2D eigenvalue weighted by molar-refractivity contribution is 5.95. The molecule has 0 radical (unpaired) electrons. The fourth-order valence-corrected chi connectivity index (χ4v) is 3.62. The number of benzene rings is 2. The summed E-state index contributed by atoms with van der Waals surface area (Å²) < 4.78 is 21.3. The van der Waals surface area contributed by atoms with Gasteiger partial charge in [0.25, 0.3) is 0 Å². The molecule has 3 rings (SSSR count). The first-order valence-electron chi connectivity index (χ1n) is 11.4. The van der Waals surface area contributed by atoms with Gasteiger partial charge in [0.2, 0.25) is 0 Å². The minimum atomic E-state index is -1.18. The van der Waals surface area contributed by atoms with Crippen molar-refractivity contribution < 1.29 is 38.7 Å². The molecule has 0 spiro atoms. The number of urea groups is 1. The number of nitrogens with zero attached hydrogens (tertiary/aromatic N) is 1. The van der Waals surface area contributed by atoms with Crippen LogP contribution >= 0.6 is 0 Å². The molecule has 0 aliphatic carbocycles. The number of para-hydroxylation sites is 1. The molecule has 37 heavy (non-hydrogen) atoms. The molecular formula is C25H30N4O8. The van der Waals surface area contributed by atoms with E-state index >= 15 is 0 Å². The summed E-state index contributed by atoms with van der Waals surface area (Å²) in [5.74, 6) is 0.333. The molecule has 198 valence electrons. The number of aliphatic hydroxyl groups is 1. The molecule has 0 saturated heterocycles. The average molecular weight is 515 g/mol. The number of allylic oxidation sites excluding steroid dienone is 1. The van der Waals surface area contributed by atoms with Gasteiger partial charge in [0.1, 0.15) is 6.61 Å². The maximum atomic E-state index is 12.4. The van der Waals surface area contributed by atoms with Crippen LogP contribution < -0.4 is 30.3 Å². The third kappa shape index (κ3) is 6.61. The van der Waals surface area contributed by atoms with Gasteiger partial charge in [-0.1, -0.05) is 12.1 Å². The lowest BCUT2D eigenvalue weighted by molar-refractivity contribution is -0.136. The number of carbonyl (C=O) groups is 2. The molecule has 2 aromatic rings. The number of rotatable bonds is 11. The molecule has 2 aromatic carbocycles. The highest BCUT2D eigenvalue weighted by Crippen LogP contribution is 2.35. The highest BCUT2D eigenvalue weighted by Gasteiger charge is 2.32. The smallest absolute Gasteiger partial charge is 0.337 e. The number of hydrogen-bond donors (Lipinski definition) is 5. The van der Waals surface area contributed by atoms with Crippen LogP contribution in [0.25, 0.3) is 0 Å². The first-order valence-corrected chi connectivity index (χ1v) is 11.4. The van der Waals surface area contributed by atoms with Crippen LogP contribution in [0, 0.1) is 0 Å². The summed E-state index contributed by atoms with van der Waals surface area (Å²) in [6.07, 6.45) is 0.154. The molecule has 0 saturated carbocycles. The lowest BCUT2D eigenvalue weighted by Gasteiger charge is -2.28. The summed E-state index contributed by atoms with van der Waals surface area (Å²) in [7, 11) is 2.71. The molecule has 0 fully saturated rings. The van der Waals surface area contributed by atoms with Crippen molar-refractivity contribution in [3.05, 3.63) is 58.8 Å². The molecular weight excluding hydrogens is 484 g/mol. The third-order valence-electron chi connectivity index (χ3n) is 5.35. The largest absolute Gasteiger partial charge is 0.504 e. The molecule has 0 bridgehead atoms. The number of methoxy groups -OCH3 is 2. The van der Waals surface area contributed by atoms with Crippen molar-refractivity contribution in [1.29, 1.82) is 0 Å². The predicted octanol–water partition coefficient (Wildman–Crippen LogP) is 1.92. The van der Waals surface area contributed by atoms with Crippen LogP contribution in [0.15, 0.2) is 52.8 Å². The Labute approximate surface area is 213 Å². The van der Waals surface area contributed by atoms with Gasteiger partial charge in [-0.25, -0.2) is 9.59 Å². The highest BCUT2D eigenvalue weighted by atomic mass is 16.5. The van der Waals surface area contributed by atoms with Crippen molar-refractivity contribution in [3.63, 3.8) is 0 Å². The van der Waals surface area contributed by atoms with E-state index in [2.05, 4.69) is 21.2 Å². The van der Waals surface area contributed by atoms with Crippen LogP contribution in [0.1, 0.15) is 31.0 Å². The van der Waals surface area contributed by atoms with Crippen molar-refractivity contribution in [3.8, 4) is 23.0 Å². The van der Waals surface area contributed by atoms with Gasteiger partial charge in [0, 0.05) is 11.3 Å². The first-order chi connectivity index (χ1) is 17.8. The second-order valence-electron chi connectivity index (χ2n) is 7.81. The Kier molecular flexibility index (Phi) is 9.16. The van der Waals surface area contributed by atoms with E-state index in [0.717, 1.165) is 0 Å². The van der Waals surface area contributed by atoms with Gasteiger partial charge in [-0.2, -0.15) is 5.10 Å². The van der Waals surface area contributed by atoms with Gasteiger partial charge in [-0.3, -0.25) is 5.43 Å². The molecule has 0 unspecified atom stereocenters. The molecule has 2 amide bonds. The number of esters is 1. The molecule has 0 aromatic heterocycles. The molecule has 2 atom stereocenters. The van der Waals surface area contributed by atoms with E-state index in [9.17, 15) is 19.8 Å². The zero-order chi connectivity index (χ0) is 26.9. The molecule has 12 heteroatoms. The van der Waals surface area contributed by atoms with Crippen LogP contribution in [0.2, 0.25) is 0 Å². The number of aliphatic hydroxyl groups excluding tert-OH is 1. The second-order valence-corrected chi connectivity index (χ2v) is 7.81. The molecule has 5 N–H and O–H groups in total. The van der Waals surface area contributed by atoms with Gasteiger partial charge in [0.05, 0.1) is 38.7 Å². The number of hydrogen-bond acceptors (Lipinski definition) is 10. The summed E-state index contributed by atoms with van der Waals surface area (Å²) in [6, 6.07) is 8.66. The Morgan fingerprint density at radius 3 is 2.68 bits per heavy atom. The van der Waals surface area contributed by atoms with E-state index in [-0.39, 0.29) is 17.9 Å². The Balaban J connectivity index is 1.71. The van der Waals surface area contributed by atoms with Gasteiger partial charge >= 0.3 is 12.0 Å². The molecule has 12 nitrogen and oxygen atoms in total. The number of ether oxygens (including phenoxy) is 4. The quantitative estimate of drug-likeness (QED) is 0.131. The van der Waals surface area contributed by atoms with Gasteiger partial charge in [0.15, 0.2) is 29.2 Å². The maximum absolute atomic E-state index is 12.4. The molecule has 1 heterocycles. The van der Waals surface area contributed by atoms with E-state index in [0.29, 0.717) is 40.7 Å². The van der Waals surface area contributed by atoms with Crippen LogP contribution in [-0.2, 0) is 9.53 Å². The summed E-state index contributed by atoms with van der Waals surface area (Å²) in [5, 5.41) is 29.5. The minimum Gasteiger partial charge on any atom is -0.504 e. The van der Waals surface area contributed by atoms with E-state index in [1.165, 1.54) is 20.4 Å². The SMILES string of the molecule is CCOc1cc([C@H]2NC(=O)NC(C)=C2C(=O)OC)ccc1OC[C@@H](O)N/N=C/c1cccc(OC)c1O. The lowest BCUT2D eigenvalue weighted by atomic mass is 9.95. The standard InChI is InChI=1S/C25H30N4O8/c1-5-36-19-11-15(22-21(24(32)35-4)14(2)27-25(33)28-22)9-10-17(19)37-13-20(30)29-26-12-16-7-6-8-18(34-3)23(16)31/h6-12,20,22,29-31H,5,13H2,1-4H3,(H2,27,28,33)/b26-12+/t20-,22-/m1/s1. The maximum Gasteiger partial charge on any atom is 0.337 e. The van der Waals surface area contributed by atoms with Crippen molar-refractivity contribution in [2.75, 3.05) is 27.4 Å². The van der Waals surface area contributed by atoms with Gasteiger partial charge in [-0.15, -0.1) is 0 Å². The average Bonchev–Trinajstić information content (AvgIpc) is 2.88. The fraction of sp³-hybridized carbons (Fsp3) is 0.320. The van der Waals surface area contributed by atoms with E-state index < -0.39 is 24.3 Å². The van der Waals surface area contributed by atoms with E-state index in [4.69, 9.17) is 18.9 Å². The number of amides is 2. The Morgan fingerprint density at radius 2 is 1.97 bits per heavy atom. The monoisotopic (exact) mass is 514 g/mol. The van der Waals surface area contributed by atoms with Crippen molar-refractivity contribution in [2.24, 2.45) is 5.10 Å². The van der Waals surface area contributed by atoms with Crippen LogP contribution in [-0.4, -0.2) is 62.1 Å². The van der Waals surface area contributed by atoms with E-state index in [1.807, 2.05) is 0 Å². The number of aromatic hydroxyl groups is 1. The van der Waals surface area contributed by atoms with Gasteiger partial charge in [-0.05, 0) is 43.7 Å². The zero-order valence-electron chi connectivity index (χ0n) is 20.9. The summed E-state index contributed by atoms with van der Waals surface area (Å²) in [5.41, 5.74) is 4.13. The summed E-state index contributed by atoms with van der Waals surface area (Å²) in [4.78, 5) is 24.4. The van der Waals surface area contributed by atoms with Crippen molar-refractivity contribution in [1.82, 2.24) is 16.1 Å². The summed E-state index contributed by atoms with van der Waals surface area (Å²) >= 11 is 0. The molecule has 1 aliphatic rings. The first kappa shape index (κ1) is 27.1. The Morgan fingerprint density at radius 1 is 1.19 bits per heavy atom. The number of phenolic OH excluding ortho intramolecular Hbond substituents is 1.